The zero-order valence-electron chi connectivity index (χ0n) is 18.4. The van der Waals surface area contributed by atoms with Crippen molar-refractivity contribution in [1.29, 1.82) is 0 Å². The Morgan fingerprint density at radius 2 is 1.81 bits per heavy atom. The SMILES string of the molecule is CCNC(=NCC1CCOC1c1ccccc1)N1CCN(C(=O)C2CCCO2)CC1.I. The Morgan fingerprint density at radius 3 is 2.48 bits per heavy atom. The monoisotopic (exact) mass is 542 g/mol. The van der Waals surface area contributed by atoms with Gasteiger partial charge in [0.25, 0.3) is 5.91 Å². The number of rotatable bonds is 5. The molecule has 3 aliphatic rings. The topological polar surface area (TPSA) is 66.4 Å². The molecule has 0 aliphatic carbocycles. The van der Waals surface area contributed by atoms with Crippen LogP contribution in [0.4, 0.5) is 0 Å². The molecule has 3 fully saturated rings. The Labute approximate surface area is 202 Å². The molecule has 1 aromatic rings. The molecule has 0 aromatic heterocycles. The molecule has 1 N–H and O–H groups in total. The van der Waals surface area contributed by atoms with Crippen molar-refractivity contribution in [1.82, 2.24) is 15.1 Å². The molecule has 0 saturated carbocycles. The minimum Gasteiger partial charge on any atom is -0.373 e. The number of nitrogens with one attached hydrogen (secondary N) is 1. The summed E-state index contributed by atoms with van der Waals surface area (Å²) >= 11 is 0. The molecule has 1 amide bonds. The molecular weight excluding hydrogens is 507 g/mol. The van der Waals surface area contributed by atoms with Gasteiger partial charge in [-0.2, -0.15) is 0 Å². The van der Waals surface area contributed by atoms with Crippen LogP contribution in [0.2, 0.25) is 0 Å². The molecule has 172 valence electrons. The Kier molecular flexibility index (Phi) is 9.40. The lowest BCUT2D eigenvalue weighted by molar-refractivity contribution is -0.142. The van der Waals surface area contributed by atoms with Gasteiger partial charge in [-0.05, 0) is 31.7 Å². The van der Waals surface area contributed by atoms with E-state index in [9.17, 15) is 4.79 Å². The van der Waals surface area contributed by atoms with Crippen LogP contribution in [0.25, 0.3) is 0 Å². The second-order valence-electron chi connectivity index (χ2n) is 8.26. The number of piperazine rings is 1. The van der Waals surface area contributed by atoms with Gasteiger partial charge < -0.3 is 24.6 Å². The summed E-state index contributed by atoms with van der Waals surface area (Å²) in [4.78, 5) is 21.8. The summed E-state index contributed by atoms with van der Waals surface area (Å²) < 4.78 is 11.6. The Bertz CT molecular complexity index is 719. The average Bonchev–Trinajstić information content (AvgIpc) is 3.49. The maximum Gasteiger partial charge on any atom is 0.251 e. The van der Waals surface area contributed by atoms with Gasteiger partial charge in [-0.25, -0.2) is 0 Å². The number of hydrogen-bond donors (Lipinski definition) is 1. The van der Waals surface area contributed by atoms with Gasteiger partial charge in [0.15, 0.2) is 5.96 Å². The molecule has 3 heterocycles. The number of carbonyl (C=O) groups is 1. The summed E-state index contributed by atoms with van der Waals surface area (Å²) in [5.74, 6) is 1.49. The number of halogens is 1. The average molecular weight is 542 g/mol. The van der Waals surface area contributed by atoms with Gasteiger partial charge in [-0.15, -0.1) is 24.0 Å². The van der Waals surface area contributed by atoms with Gasteiger partial charge in [0.2, 0.25) is 0 Å². The van der Waals surface area contributed by atoms with Crippen molar-refractivity contribution in [2.75, 3.05) is 52.5 Å². The van der Waals surface area contributed by atoms with Gasteiger partial charge in [0, 0.05) is 58.4 Å². The lowest BCUT2D eigenvalue weighted by Gasteiger charge is -2.37. The van der Waals surface area contributed by atoms with Crippen LogP contribution in [-0.2, 0) is 14.3 Å². The van der Waals surface area contributed by atoms with Crippen LogP contribution in [-0.4, -0.2) is 80.3 Å². The van der Waals surface area contributed by atoms with Gasteiger partial charge in [-0.1, -0.05) is 30.3 Å². The second-order valence-corrected chi connectivity index (χ2v) is 8.26. The van der Waals surface area contributed by atoms with Crippen molar-refractivity contribution >= 4 is 35.8 Å². The first-order valence-corrected chi connectivity index (χ1v) is 11.4. The van der Waals surface area contributed by atoms with E-state index < -0.39 is 0 Å². The Hall–Kier alpha value is -1.39. The normalized spacial score (nSPS) is 26.6. The van der Waals surface area contributed by atoms with Crippen molar-refractivity contribution in [3.05, 3.63) is 35.9 Å². The van der Waals surface area contributed by atoms with Gasteiger partial charge in [-0.3, -0.25) is 9.79 Å². The number of guanidine groups is 1. The summed E-state index contributed by atoms with van der Waals surface area (Å²) in [6.45, 7) is 8.22. The van der Waals surface area contributed by atoms with Crippen LogP contribution in [0, 0.1) is 5.92 Å². The summed E-state index contributed by atoms with van der Waals surface area (Å²) in [6, 6.07) is 10.5. The van der Waals surface area contributed by atoms with Crippen molar-refractivity contribution < 1.29 is 14.3 Å². The third-order valence-electron chi connectivity index (χ3n) is 6.25. The number of aliphatic imine (C=N–C) groups is 1. The molecule has 4 rings (SSSR count). The largest absolute Gasteiger partial charge is 0.373 e. The van der Waals surface area contributed by atoms with E-state index in [0.717, 1.165) is 71.1 Å². The van der Waals surface area contributed by atoms with E-state index in [0.29, 0.717) is 12.5 Å². The first-order chi connectivity index (χ1) is 14.8. The minimum atomic E-state index is -0.226. The zero-order chi connectivity index (χ0) is 20.8. The van der Waals surface area contributed by atoms with Gasteiger partial charge in [0.1, 0.15) is 6.10 Å². The summed E-state index contributed by atoms with van der Waals surface area (Å²) in [5, 5.41) is 3.44. The molecule has 0 bridgehead atoms. The van der Waals surface area contributed by atoms with E-state index >= 15 is 0 Å². The zero-order valence-corrected chi connectivity index (χ0v) is 20.7. The number of ether oxygens (including phenoxy) is 2. The highest BCUT2D eigenvalue weighted by Gasteiger charge is 2.32. The molecule has 0 radical (unpaired) electrons. The van der Waals surface area contributed by atoms with Crippen LogP contribution in [0.3, 0.4) is 0 Å². The van der Waals surface area contributed by atoms with E-state index in [1.54, 1.807) is 0 Å². The van der Waals surface area contributed by atoms with Crippen LogP contribution in [0.5, 0.6) is 0 Å². The smallest absolute Gasteiger partial charge is 0.251 e. The number of amides is 1. The molecule has 31 heavy (non-hydrogen) atoms. The molecule has 3 saturated heterocycles. The fourth-order valence-corrected chi connectivity index (χ4v) is 4.58. The summed E-state index contributed by atoms with van der Waals surface area (Å²) in [5.41, 5.74) is 1.24. The fraction of sp³-hybridized carbons (Fsp3) is 0.652. The third-order valence-corrected chi connectivity index (χ3v) is 6.25. The maximum atomic E-state index is 12.6. The fourth-order valence-electron chi connectivity index (χ4n) is 4.58. The number of hydrogen-bond acceptors (Lipinski definition) is 4. The molecular formula is C23H35IN4O3. The molecule has 7 nitrogen and oxygen atoms in total. The Balaban J connectivity index is 0.00000272. The van der Waals surface area contributed by atoms with Gasteiger partial charge >= 0.3 is 0 Å². The molecule has 3 unspecified atom stereocenters. The van der Waals surface area contributed by atoms with Crippen molar-refractivity contribution in [2.45, 2.75) is 38.4 Å². The van der Waals surface area contributed by atoms with Gasteiger partial charge in [0.05, 0.1) is 6.10 Å². The molecule has 8 heteroatoms. The number of nitrogens with zero attached hydrogens (tertiary/aromatic N) is 3. The van der Waals surface area contributed by atoms with Crippen LogP contribution >= 0.6 is 24.0 Å². The predicted molar refractivity (Wildman–Crippen MR) is 132 cm³/mol. The molecule has 3 atom stereocenters. The highest BCUT2D eigenvalue weighted by atomic mass is 127. The first kappa shape index (κ1) is 24.3. The standard InChI is InChI=1S/C23H34N4O3.HI/c1-2-24-23(25-17-19-10-16-30-21(19)18-7-4-3-5-8-18)27-13-11-26(12-14-27)22(28)20-9-6-15-29-20;/h3-5,7-8,19-21H,2,6,9-17H2,1H3,(H,24,25);1H. The van der Waals surface area contributed by atoms with E-state index in [4.69, 9.17) is 14.5 Å². The lowest BCUT2D eigenvalue weighted by atomic mass is 9.95. The highest BCUT2D eigenvalue weighted by molar-refractivity contribution is 14.0. The Morgan fingerprint density at radius 1 is 1.06 bits per heavy atom. The third kappa shape index (κ3) is 6.10. The van der Waals surface area contributed by atoms with Crippen LogP contribution in [0.1, 0.15) is 37.9 Å². The van der Waals surface area contributed by atoms with E-state index in [2.05, 4.69) is 41.4 Å². The first-order valence-electron chi connectivity index (χ1n) is 11.4. The quantitative estimate of drug-likeness (QED) is 0.352. The molecule has 0 spiro atoms. The van der Waals surface area contributed by atoms with Crippen LogP contribution < -0.4 is 5.32 Å². The van der Waals surface area contributed by atoms with E-state index in [1.165, 1.54) is 5.56 Å². The molecule has 3 aliphatic heterocycles. The maximum absolute atomic E-state index is 12.6. The number of benzene rings is 1. The van der Waals surface area contributed by atoms with Crippen molar-refractivity contribution in [3.63, 3.8) is 0 Å². The summed E-state index contributed by atoms with van der Waals surface area (Å²) in [6.07, 6.45) is 2.78. The lowest BCUT2D eigenvalue weighted by Crippen LogP contribution is -2.55. The second kappa shape index (κ2) is 12.0. The van der Waals surface area contributed by atoms with E-state index in [-0.39, 0.29) is 42.1 Å². The number of carbonyl (C=O) groups excluding carboxylic acids is 1. The minimum absolute atomic E-state index is 0. The predicted octanol–water partition coefficient (Wildman–Crippen LogP) is 2.67. The van der Waals surface area contributed by atoms with Crippen LogP contribution in [0.15, 0.2) is 35.3 Å². The van der Waals surface area contributed by atoms with Crippen molar-refractivity contribution in [2.24, 2.45) is 10.9 Å². The summed E-state index contributed by atoms with van der Waals surface area (Å²) in [7, 11) is 0. The van der Waals surface area contributed by atoms with E-state index in [1.807, 2.05) is 11.0 Å². The van der Waals surface area contributed by atoms with Crippen molar-refractivity contribution in [3.8, 4) is 0 Å². The highest BCUT2D eigenvalue weighted by Crippen LogP contribution is 2.34. The molecule has 1 aromatic carbocycles.